The Morgan fingerprint density at radius 1 is 1.08 bits per heavy atom. The van der Waals surface area contributed by atoms with Crippen molar-refractivity contribution in [3.05, 3.63) is 59.7 Å². The molecule has 0 aliphatic heterocycles. The highest BCUT2D eigenvalue weighted by molar-refractivity contribution is 5.89. The summed E-state index contributed by atoms with van der Waals surface area (Å²) in [5.74, 6) is 1.49. The summed E-state index contributed by atoms with van der Waals surface area (Å²) < 4.78 is 11.5. The van der Waals surface area contributed by atoms with Crippen molar-refractivity contribution < 1.29 is 9.47 Å². The lowest BCUT2D eigenvalue weighted by Gasteiger charge is -2.16. The van der Waals surface area contributed by atoms with E-state index in [9.17, 15) is 5.26 Å². The summed E-state index contributed by atoms with van der Waals surface area (Å²) in [6, 6.07) is 17.8. The van der Waals surface area contributed by atoms with Gasteiger partial charge in [0.1, 0.15) is 0 Å². The highest BCUT2D eigenvalue weighted by atomic mass is 16.5. The molecule has 0 heterocycles. The molecule has 3 heteroatoms. The van der Waals surface area contributed by atoms with Crippen molar-refractivity contribution in [2.45, 2.75) is 31.8 Å². The molecule has 0 spiro atoms. The van der Waals surface area contributed by atoms with Crippen LogP contribution in [-0.4, -0.2) is 13.2 Å². The smallest absolute Gasteiger partial charge is 0.162 e. The molecule has 2 aromatic rings. The summed E-state index contributed by atoms with van der Waals surface area (Å²) in [6.07, 6.45) is 6.78. The Kier molecular flexibility index (Phi) is 5.18. The number of rotatable bonds is 5. The predicted molar refractivity (Wildman–Crippen MR) is 95.8 cm³/mol. The molecule has 0 radical (unpaired) electrons. The SMILES string of the molecule is COc1ccc(/C=C(\C#N)c2ccccc2)cc1OC1CCCC1. The summed E-state index contributed by atoms with van der Waals surface area (Å²) in [5.41, 5.74) is 2.48. The highest BCUT2D eigenvalue weighted by Crippen LogP contribution is 2.33. The van der Waals surface area contributed by atoms with Crippen LogP contribution in [0, 0.1) is 11.3 Å². The molecule has 24 heavy (non-hydrogen) atoms. The lowest BCUT2D eigenvalue weighted by Crippen LogP contribution is -2.11. The van der Waals surface area contributed by atoms with Gasteiger partial charge >= 0.3 is 0 Å². The summed E-state index contributed by atoms with van der Waals surface area (Å²) in [6.45, 7) is 0. The maximum absolute atomic E-state index is 9.47. The van der Waals surface area contributed by atoms with Crippen molar-refractivity contribution in [2.24, 2.45) is 0 Å². The maximum Gasteiger partial charge on any atom is 0.162 e. The van der Waals surface area contributed by atoms with E-state index in [2.05, 4.69) is 6.07 Å². The Morgan fingerprint density at radius 3 is 2.50 bits per heavy atom. The van der Waals surface area contributed by atoms with E-state index in [1.807, 2.05) is 54.6 Å². The van der Waals surface area contributed by atoms with E-state index in [-0.39, 0.29) is 6.10 Å². The Hall–Kier alpha value is -2.73. The van der Waals surface area contributed by atoms with Gasteiger partial charge in [0.05, 0.1) is 24.9 Å². The van der Waals surface area contributed by atoms with Gasteiger partial charge in [-0.15, -0.1) is 0 Å². The van der Waals surface area contributed by atoms with Gasteiger partial charge in [0.2, 0.25) is 0 Å². The van der Waals surface area contributed by atoms with Crippen LogP contribution in [0.5, 0.6) is 11.5 Å². The molecule has 0 aromatic heterocycles. The number of hydrogen-bond acceptors (Lipinski definition) is 3. The lowest BCUT2D eigenvalue weighted by atomic mass is 10.0. The minimum atomic E-state index is 0.266. The normalized spacial score (nSPS) is 15.1. The molecule has 2 aromatic carbocycles. The molecule has 1 saturated carbocycles. The summed E-state index contributed by atoms with van der Waals surface area (Å²) in [7, 11) is 1.65. The third kappa shape index (κ3) is 3.78. The topological polar surface area (TPSA) is 42.2 Å². The second kappa shape index (κ2) is 7.70. The number of hydrogen-bond donors (Lipinski definition) is 0. The van der Waals surface area contributed by atoms with E-state index in [0.717, 1.165) is 35.5 Å². The zero-order chi connectivity index (χ0) is 16.8. The molecular formula is C21H21NO2. The van der Waals surface area contributed by atoms with E-state index in [4.69, 9.17) is 9.47 Å². The van der Waals surface area contributed by atoms with Crippen LogP contribution in [0.2, 0.25) is 0 Å². The average molecular weight is 319 g/mol. The van der Waals surface area contributed by atoms with Crippen molar-refractivity contribution >= 4 is 11.6 Å². The highest BCUT2D eigenvalue weighted by Gasteiger charge is 2.18. The van der Waals surface area contributed by atoms with Gasteiger partial charge in [-0.2, -0.15) is 5.26 Å². The first-order valence-corrected chi connectivity index (χ1v) is 8.32. The Bertz CT molecular complexity index is 753. The van der Waals surface area contributed by atoms with Gasteiger partial charge in [0.25, 0.3) is 0 Å². The summed E-state index contributed by atoms with van der Waals surface area (Å²) in [4.78, 5) is 0. The Labute approximate surface area is 143 Å². The minimum Gasteiger partial charge on any atom is -0.493 e. The first-order chi connectivity index (χ1) is 11.8. The van der Waals surface area contributed by atoms with Gasteiger partial charge in [-0.05, 0) is 55.0 Å². The molecule has 1 aliphatic rings. The van der Waals surface area contributed by atoms with Crippen molar-refractivity contribution in [3.8, 4) is 17.6 Å². The van der Waals surface area contributed by atoms with E-state index >= 15 is 0 Å². The minimum absolute atomic E-state index is 0.266. The van der Waals surface area contributed by atoms with Crippen molar-refractivity contribution in [3.63, 3.8) is 0 Å². The fourth-order valence-electron chi connectivity index (χ4n) is 3.03. The Morgan fingerprint density at radius 2 is 1.83 bits per heavy atom. The molecule has 0 atom stereocenters. The zero-order valence-electron chi connectivity index (χ0n) is 13.9. The largest absolute Gasteiger partial charge is 0.493 e. The van der Waals surface area contributed by atoms with Crippen LogP contribution in [0.4, 0.5) is 0 Å². The molecule has 0 saturated heterocycles. The summed E-state index contributed by atoms with van der Waals surface area (Å²) in [5, 5.41) is 9.47. The van der Waals surface area contributed by atoms with Crippen LogP contribution >= 0.6 is 0 Å². The van der Waals surface area contributed by atoms with E-state index in [1.165, 1.54) is 12.8 Å². The molecule has 0 unspecified atom stereocenters. The van der Waals surface area contributed by atoms with Crippen LogP contribution in [0.15, 0.2) is 48.5 Å². The molecule has 1 aliphatic carbocycles. The lowest BCUT2D eigenvalue weighted by molar-refractivity contribution is 0.201. The first kappa shape index (κ1) is 16.1. The second-order valence-electron chi connectivity index (χ2n) is 5.97. The predicted octanol–water partition coefficient (Wildman–Crippen LogP) is 5.08. The number of nitrogens with zero attached hydrogens (tertiary/aromatic N) is 1. The van der Waals surface area contributed by atoms with Crippen molar-refractivity contribution in [1.82, 2.24) is 0 Å². The van der Waals surface area contributed by atoms with Crippen LogP contribution in [-0.2, 0) is 0 Å². The molecule has 0 bridgehead atoms. The quantitative estimate of drug-likeness (QED) is 0.570. The molecule has 0 amide bonds. The third-order valence-electron chi connectivity index (χ3n) is 4.30. The molecule has 3 nitrogen and oxygen atoms in total. The van der Waals surface area contributed by atoms with Crippen LogP contribution in [0.3, 0.4) is 0 Å². The monoisotopic (exact) mass is 319 g/mol. The fraction of sp³-hybridized carbons (Fsp3) is 0.286. The number of benzene rings is 2. The average Bonchev–Trinajstić information content (AvgIpc) is 3.14. The van der Waals surface area contributed by atoms with E-state index in [0.29, 0.717) is 5.57 Å². The van der Waals surface area contributed by atoms with Crippen molar-refractivity contribution in [2.75, 3.05) is 7.11 Å². The van der Waals surface area contributed by atoms with Crippen LogP contribution in [0.1, 0.15) is 36.8 Å². The van der Waals surface area contributed by atoms with Gasteiger partial charge in [-0.25, -0.2) is 0 Å². The Balaban J connectivity index is 1.90. The number of allylic oxidation sites excluding steroid dienone is 1. The van der Waals surface area contributed by atoms with Gasteiger partial charge in [-0.1, -0.05) is 36.4 Å². The van der Waals surface area contributed by atoms with E-state index in [1.54, 1.807) is 7.11 Å². The molecule has 3 rings (SSSR count). The van der Waals surface area contributed by atoms with Crippen LogP contribution < -0.4 is 9.47 Å². The number of nitriles is 1. The second-order valence-corrected chi connectivity index (χ2v) is 5.97. The van der Waals surface area contributed by atoms with Gasteiger partial charge in [0, 0.05) is 0 Å². The standard InChI is InChI=1S/C21H21NO2/c1-23-20-12-11-16(14-21(20)24-19-9-5-6-10-19)13-18(15-22)17-7-3-2-4-8-17/h2-4,7-8,11-14,19H,5-6,9-10H2,1H3/b18-13+. The molecular weight excluding hydrogens is 298 g/mol. The third-order valence-corrected chi connectivity index (χ3v) is 4.30. The number of methoxy groups -OCH3 is 1. The maximum atomic E-state index is 9.47. The summed E-state index contributed by atoms with van der Waals surface area (Å²) >= 11 is 0. The fourth-order valence-corrected chi connectivity index (χ4v) is 3.03. The molecule has 0 N–H and O–H groups in total. The zero-order valence-corrected chi connectivity index (χ0v) is 13.9. The first-order valence-electron chi connectivity index (χ1n) is 8.32. The molecule has 1 fully saturated rings. The van der Waals surface area contributed by atoms with Crippen molar-refractivity contribution in [1.29, 1.82) is 5.26 Å². The van der Waals surface area contributed by atoms with Crippen LogP contribution in [0.25, 0.3) is 11.6 Å². The number of ether oxygens (including phenoxy) is 2. The molecule has 122 valence electrons. The van der Waals surface area contributed by atoms with Gasteiger partial charge < -0.3 is 9.47 Å². The van der Waals surface area contributed by atoms with Gasteiger partial charge in [0.15, 0.2) is 11.5 Å². The van der Waals surface area contributed by atoms with Gasteiger partial charge in [-0.3, -0.25) is 0 Å². The van der Waals surface area contributed by atoms with E-state index < -0.39 is 0 Å².